The number of carboxylic acids is 2. The van der Waals surface area contributed by atoms with Crippen LogP contribution in [0.4, 0.5) is 33.6 Å². The van der Waals surface area contributed by atoms with Crippen LogP contribution in [0.1, 0.15) is 259 Å². The number of ketones is 2. The van der Waals surface area contributed by atoms with Crippen LogP contribution in [0.2, 0.25) is 0 Å². The molecule has 628 valence electrons. The number of amides is 7. The van der Waals surface area contributed by atoms with E-state index in [1.807, 2.05) is 160 Å². The number of carbonyl (C=O) groups is 11. The zero-order valence-corrected chi connectivity index (χ0v) is 73.7. The topological polar surface area (TPSA) is 401 Å². The Kier molecular flexibility index (Phi) is 34.5. The number of aliphatic carboxylic acids is 2. The molecule has 17 atom stereocenters. The molecule has 12 heterocycles. The van der Waals surface area contributed by atoms with Gasteiger partial charge >= 0.3 is 106 Å². The van der Waals surface area contributed by atoms with Crippen molar-refractivity contribution in [3.05, 3.63) is 35.9 Å². The summed E-state index contributed by atoms with van der Waals surface area (Å²) in [5.41, 5.74) is 3.94. The number of halogens is 1. The van der Waals surface area contributed by atoms with E-state index in [1.54, 1.807) is 31.4 Å². The summed E-state index contributed by atoms with van der Waals surface area (Å²) >= 11 is 6.07. The van der Waals surface area contributed by atoms with Crippen molar-refractivity contribution in [1.82, 2.24) is 34.7 Å². The molecule has 30 nitrogen and oxygen atoms in total. The van der Waals surface area contributed by atoms with Crippen LogP contribution in [-0.4, -0.2) is 247 Å². The Hall–Kier alpha value is -5.80. The van der Waals surface area contributed by atoms with Gasteiger partial charge in [-0.25, -0.2) is 33.6 Å². The summed E-state index contributed by atoms with van der Waals surface area (Å²) in [6.07, 6.45) is 12.8. The van der Waals surface area contributed by atoms with Crippen LogP contribution in [0.25, 0.3) is 0 Å². The fraction of sp³-hybridized carbons (Fsp3) is 0.787. The number of benzene rings is 1. The first-order valence-corrected chi connectivity index (χ1v) is 39.9. The van der Waals surface area contributed by atoms with Crippen LogP contribution in [0.15, 0.2) is 30.3 Å². The molecular formula is C80H128ClKN8O22. The van der Waals surface area contributed by atoms with Crippen LogP contribution in [-0.2, 0) is 58.9 Å². The number of Topliss-reactive ketones (excluding diaryl/α,β-unsaturated/α-hetero) is 2. The maximum Gasteiger partial charge on any atom is 1.00 e. The van der Waals surface area contributed by atoms with E-state index in [4.69, 9.17) is 65.8 Å². The first-order valence-electron chi connectivity index (χ1n) is 39.4. The number of nitrogens with zero attached hydrogens (tertiary/aromatic N) is 6. The van der Waals surface area contributed by atoms with Gasteiger partial charge in [-0.3, -0.25) is 24.1 Å². The number of carboxylic acid groups (broad SMARTS) is 2. The van der Waals surface area contributed by atoms with E-state index in [1.165, 1.54) is 0 Å². The average Bonchev–Trinajstić information content (AvgIpc) is 1.62. The maximum absolute atomic E-state index is 12.4. The molecule has 0 saturated carbocycles. The van der Waals surface area contributed by atoms with E-state index in [-0.39, 0.29) is 197 Å². The Morgan fingerprint density at radius 1 is 0.438 bits per heavy atom. The van der Waals surface area contributed by atoms with Gasteiger partial charge in [0.05, 0.1) is 36.0 Å². The molecule has 12 aliphatic heterocycles. The number of alkyl carbamates (subject to hydrolysis) is 1. The Morgan fingerprint density at radius 3 is 1.08 bits per heavy atom. The van der Waals surface area contributed by atoms with Gasteiger partial charge < -0.3 is 89.5 Å². The third kappa shape index (κ3) is 26.9. The van der Waals surface area contributed by atoms with Crippen molar-refractivity contribution in [3.63, 3.8) is 0 Å². The number of nitrogens with one attached hydrogen (secondary N) is 1. The molecule has 12 bridgehead atoms. The molecule has 32 heteroatoms. The van der Waals surface area contributed by atoms with Gasteiger partial charge in [0, 0.05) is 86.3 Å². The standard InChI is InChI=1S/C19H26N2O4.C12H18ClNO3.2C12H19NO4.C12H19NO3.C11H20N2O2.C2H6O.K.H2O/c1-19(2,3)25-18(23)21-14-9-10-16(21)15(11-14)20-17(22)24-12-13-7-5-4-6-8-13;1-12(2,3)17-11(16)14-7-4-5-8(14)10(13)9(15)6-7;2*1-12(2,3)17-11(16)13-7-4-5-9(13)8(6-7)10(14)15;1-12(2,3)16-11(15)13-8-4-5-9(13)7-10(14)6-8;1-11(2,3)15-10(14)13-7-4-5-9(13)8(12)6-7;1-2-3;;/h4-8,14-16H,9-12H2,1-3H3,(H,20,22);7-8,10H,4-6H2,1-3H3;2*7-9H,4-6H2,1-3H3,(H,14,15);8-9H,4-7H2,1-3H3;7-9H,4-6,12H2,1-3H3;3H,2H2,1H3;;1H2/q;;;;;;;+1;/p-1/t14?,15-,16?;;7?,8-,9?;;;7?,8-,9?;;;/m1.1..1.../s1. The Balaban J connectivity index is 0.000000240. The van der Waals surface area contributed by atoms with Crippen molar-refractivity contribution in [2.45, 2.75) is 384 Å². The number of hydrogen-bond donors (Lipinski definition) is 5. The number of piperidine rings is 2. The molecule has 0 aliphatic carbocycles. The van der Waals surface area contributed by atoms with Crippen molar-refractivity contribution in [1.29, 1.82) is 0 Å². The number of rotatable bonds is 5. The minimum absolute atomic E-state index is 0. The van der Waals surface area contributed by atoms with Crippen molar-refractivity contribution in [3.8, 4) is 0 Å². The summed E-state index contributed by atoms with van der Waals surface area (Å²) in [6.45, 7) is 35.4. The van der Waals surface area contributed by atoms with Gasteiger partial charge in [-0.2, -0.15) is 0 Å². The van der Waals surface area contributed by atoms with Crippen LogP contribution in [0.3, 0.4) is 0 Å². The number of carbonyl (C=O) groups excluding carboxylic acids is 9. The summed E-state index contributed by atoms with van der Waals surface area (Å²) in [5.74, 6) is -2.09. The molecule has 13 rings (SSSR count). The normalized spacial score (nSPS) is 29.2. The van der Waals surface area contributed by atoms with Crippen molar-refractivity contribution in [2.75, 3.05) is 6.61 Å². The summed E-state index contributed by atoms with van der Waals surface area (Å²) in [5, 5.41) is 28.1. The molecule has 7 N–H and O–H groups in total. The smallest absolute Gasteiger partial charge is 0.870 e. The first-order chi connectivity index (χ1) is 50.9. The minimum Gasteiger partial charge on any atom is -0.870 e. The third-order valence-electron chi connectivity index (χ3n) is 21.1. The number of aliphatic hydroxyl groups is 1. The van der Waals surface area contributed by atoms with E-state index < -0.39 is 68.9 Å². The number of fused-ring (bicyclic) bond motifs is 12. The van der Waals surface area contributed by atoms with Gasteiger partial charge in [0.2, 0.25) is 0 Å². The first kappa shape index (κ1) is 96.8. The average molecular weight is 1630 g/mol. The molecular weight excluding hydrogens is 1500 g/mol. The van der Waals surface area contributed by atoms with Crippen LogP contribution in [0.5, 0.6) is 0 Å². The molecule has 0 spiro atoms. The van der Waals surface area contributed by atoms with E-state index in [9.17, 15) is 52.7 Å². The monoisotopic (exact) mass is 1630 g/mol. The SMILES string of the molecule is CC(C)(C)OC(=O)N1C2CCC1C(C(=O)O)C2.CC(C)(C)OC(=O)N1C2CCC1C(Cl)C(=O)C2.CC(C)(C)OC(=O)N1C2CCC1CC(=O)C2.CC(C)(C)OC(=O)N1C2CCC1[C@H](C(=O)O)C2.CC(C)(C)OC(=O)N1C2CCC1[C@H](N)C2.CC(C)(C)OC(=O)N1C2CCC1[C@H](NC(=O)OCc1ccccc1)C2.CCO.[K+].[OH-]. The van der Waals surface area contributed by atoms with Gasteiger partial charge in [0.25, 0.3) is 0 Å². The molecule has 1 aromatic carbocycles. The number of aliphatic hydroxyl groups excluding tert-OH is 1. The van der Waals surface area contributed by atoms with Crippen molar-refractivity contribution in [2.24, 2.45) is 17.6 Å². The second-order valence-electron chi connectivity index (χ2n) is 36.8. The van der Waals surface area contributed by atoms with Gasteiger partial charge in [0.1, 0.15) is 51.4 Å². The summed E-state index contributed by atoms with van der Waals surface area (Å²) in [7, 11) is 0. The van der Waals surface area contributed by atoms with E-state index in [2.05, 4.69) is 5.32 Å². The molecule has 14 unspecified atom stereocenters. The molecule has 7 amide bonds. The van der Waals surface area contributed by atoms with E-state index >= 15 is 0 Å². The van der Waals surface area contributed by atoms with Crippen LogP contribution in [0, 0.1) is 11.8 Å². The second kappa shape index (κ2) is 39.9. The molecule has 12 aliphatic rings. The number of hydrogen-bond acceptors (Lipinski definition) is 21. The zero-order chi connectivity index (χ0) is 82.2. The predicted octanol–water partition coefficient (Wildman–Crippen LogP) is 9.93. The van der Waals surface area contributed by atoms with Gasteiger partial charge in [-0.15, -0.1) is 11.6 Å². The minimum atomic E-state index is -0.800. The predicted molar refractivity (Wildman–Crippen MR) is 410 cm³/mol. The molecule has 12 saturated heterocycles. The fourth-order valence-corrected chi connectivity index (χ4v) is 17.5. The van der Waals surface area contributed by atoms with Crippen molar-refractivity contribution < 1.29 is 158 Å². The van der Waals surface area contributed by atoms with Crippen LogP contribution >= 0.6 is 11.6 Å². The molecule has 0 aromatic heterocycles. The summed E-state index contributed by atoms with van der Waals surface area (Å²) < 4.78 is 37.6. The van der Waals surface area contributed by atoms with Gasteiger partial charge in [-0.1, -0.05) is 30.3 Å². The third-order valence-corrected chi connectivity index (χ3v) is 21.7. The largest absolute Gasteiger partial charge is 1.00 e. The van der Waals surface area contributed by atoms with Gasteiger partial charge in [-0.05, 0) is 240 Å². The van der Waals surface area contributed by atoms with Crippen molar-refractivity contribution >= 4 is 77.8 Å². The van der Waals surface area contributed by atoms with E-state index in [0.29, 0.717) is 38.1 Å². The number of alkyl halides is 1. The fourth-order valence-electron chi connectivity index (χ4n) is 17.1. The molecule has 12 fully saturated rings. The molecule has 1 aromatic rings. The maximum atomic E-state index is 12.4. The molecule has 0 radical (unpaired) electrons. The number of nitrogens with two attached hydrogens (primary N) is 1. The summed E-state index contributed by atoms with van der Waals surface area (Å²) in [6, 6.07) is 10.0. The Bertz CT molecular complexity index is 3320. The van der Waals surface area contributed by atoms with Crippen LogP contribution < -0.4 is 62.4 Å². The Morgan fingerprint density at radius 2 is 0.732 bits per heavy atom. The van der Waals surface area contributed by atoms with Gasteiger partial charge in [0.15, 0.2) is 5.78 Å². The quantitative estimate of drug-likeness (QED) is 0.104. The summed E-state index contributed by atoms with van der Waals surface area (Å²) in [4.78, 5) is 140. The van der Waals surface area contributed by atoms with E-state index in [0.717, 1.165) is 95.5 Å². The number of ether oxygens (including phenoxy) is 7. The zero-order valence-electron chi connectivity index (χ0n) is 69.8. The molecule has 112 heavy (non-hydrogen) atoms. The second-order valence-corrected chi connectivity index (χ2v) is 37.3. The Labute approximate surface area is 709 Å².